The van der Waals surface area contributed by atoms with Crippen LogP contribution in [0.15, 0.2) is 47.2 Å². The number of ether oxygens (including phenoxy) is 2. The van der Waals surface area contributed by atoms with Gasteiger partial charge in [-0.2, -0.15) is 0 Å². The van der Waals surface area contributed by atoms with Gasteiger partial charge in [-0.15, -0.1) is 0 Å². The molecule has 3 rings (SSSR count). The first-order valence-electron chi connectivity index (χ1n) is 8.20. The van der Waals surface area contributed by atoms with E-state index in [9.17, 15) is 4.79 Å². The van der Waals surface area contributed by atoms with Crippen LogP contribution in [0.1, 0.15) is 17.7 Å². The van der Waals surface area contributed by atoms with E-state index < -0.39 is 0 Å². The van der Waals surface area contributed by atoms with Crippen LogP contribution in [0.5, 0.6) is 11.5 Å². The number of imidazole rings is 1. The van der Waals surface area contributed by atoms with Crippen molar-refractivity contribution in [3.63, 3.8) is 0 Å². The van der Waals surface area contributed by atoms with E-state index in [1.54, 1.807) is 14.2 Å². The number of aromatic nitrogens is 2. The van der Waals surface area contributed by atoms with Gasteiger partial charge in [-0.3, -0.25) is 4.79 Å². The van der Waals surface area contributed by atoms with Gasteiger partial charge >= 0.3 is 0 Å². The molecule has 136 valence electrons. The van der Waals surface area contributed by atoms with E-state index in [4.69, 9.17) is 9.47 Å². The summed E-state index contributed by atoms with van der Waals surface area (Å²) in [6.45, 7) is 0.407. The molecule has 0 atom stereocenters. The summed E-state index contributed by atoms with van der Waals surface area (Å²) in [6.07, 6.45) is 4.87. The zero-order valence-corrected chi connectivity index (χ0v) is 16.2. The van der Waals surface area contributed by atoms with Crippen molar-refractivity contribution in [2.75, 3.05) is 14.2 Å². The molecule has 26 heavy (non-hydrogen) atoms. The molecule has 2 heterocycles. The molecule has 0 unspecified atom stereocenters. The minimum absolute atomic E-state index is 0.0157. The number of nitrogens with zero attached hydrogens (tertiary/aromatic N) is 2. The molecule has 1 aromatic carbocycles. The molecule has 0 aliphatic carbocycles. The number of hydrogen-bond acceptors (Lipinski definition) is 4. The van der Waals surface area contributed by atoms with E-state index in [2.05, 4.69) is 26.2 Å². The summed E-state index contributed by atoms with van der Waals surface area (Å²) in [5.74, 6) is 1.33. The lowest BCUT2D eigenvalue weighted by molar-refractivity contribution is -0.121. The van der Waals surface area contributed by atoms with Gasteiger partial charge in [-0.25, -0.2) is 4.98 Å². The van der Waals surface area contributed by atoms with E-state index in [1.165, 1.54) is 0 Å². The molecule has 0 radical (unpaired) electrons. The Kier molecular flexibility index (Phi) is 5.78. The quantitative estimate of drug-likeness (QED) is 0.639. The number of halogens is 1. The Morgan fingerprint density at radius 3 is 2.73 bits per heavy atom. The Bertz CT molecular complexity index is 924. The Balaban J connectivity index is 1.53. The van der Waals surface area contributed by atoms with E-state index >= 15 is 0 Å². The number of pyridine rings is 1. The molecule has 0 fully saturated rings. The summed E-state index contributed by atoms with van der Waals surface area (Å²) in [4.78, 5) is 16.6. The third-order valence-corrected chi connectivity index (χ3v) is 4.49. The van der Waals surface area contributed by atoms with Crippen molar-refractivity contribution < 1.29 is 14.3 Å². The largest absolute Gasteiger partial charge is 0.493 e. The number of rotatable bonds is 7. The van der Waals surface area contributed by atoms with Crippen molar-refractivity contribution in [3.8, 4) is 11.5 Å². The van der Waals surface area contributed by atoms with Gasteiger partial charge in [-0.1, -0.05) is 6.07 Å². The zero-order chi connectivity index (χ0) is 18.5. The van der Waals surface area contributed by atoms with Crippen molar-refractivity contribution in [1.82, 2.24) is 14.7 Å². The van der Waals surface area contributed by atoms with Crippen molar-refractivity contribution in [3.05, 3.63) is 58.5 Å². The highest BCUT2D eigenvalue weighted by atomic mass is 79.9. The molecule has 0 aliphatic heterocycles. The maximum absolute atomic E-state index is 12.1. The number of carbonyl (C=O) groups is 1. The summed E-state index contributed by atoms with van der Waals surface area (Å²) in [7, 11) is 3.20. The topological polar surface area (TPSA) is 64.9 Å². The van der Waals surface area contributed by atoms with Crippen molar-refractivity contribution in [1.29, 1.82) is 0 Å². The van der Waals surface area contributed by atoms with E-state index in [0.29, 0.717) is 30.9 Å². The monoisotopic (exact) mass is 417 g/mol. The van der Waals surface area contributed by atoms with Crippen LogP contribution in [0.2, 0.25) is 0 Å². The van der Waals surface area contributed by atoms with Crippen LogP contribution in [0.25, 0.3) is 5.65 Å². The lowest BCUT2D eigenvalue weighted by Gasteiger charge is -2.09. The van der Waals surface area contributed by atoms with Gasteiger partial charge < -0.3 is 19.2 Å². The summed E-state index contributed by atoms with van der Waals surface area (Å²) in [6, 6.07) is 9.54. The Morgan fingerprint density at radius 2 is 1.96 bits per heavy atom. The fourth-order valence-corrected chi connectivity index (χ4v) is 3.03. The number of hydrogen-bond donors (Lipinski definition) is 1. The fourth-order valence-electron chi connectivity index (χ4n) is 2.67. The van der Waals surface area contributed by atoms with Gasteiger partial charge in [-0.05, 0) is 52.2 Å². The second-order valence-electron chi connectivity index (χ2n) is 5.81. The average Bonchev–Trinajstić information content (AvgIpc) is 3.06. The highest BCUT2D eigenvalue weighted by molar-refractivity contribution is 9.10. The third-order valence-electron chi connectivity index (χ3n) is 4.02. The van der Waals surface area contributed by atoms with Gasteiger partial charge in [0.25, 0.3) is 0 Å². The molecule has 1 N–H and O–H groups in total. The minimum atomic E-state index is -0.0157. The lowest BCUT2D eigenvalue weighted by Crippen LogP contribution is -2.23. The predicted molar refractivity (Wildman–Crippen MR) is 103 cm³/mol. The maximum Gasteiger partial charge on any atom is 0.220 e. The Labute approximate surface area is 160 Å². The summed E-state index contributed by atoms with van der Waals surface area (Å²) in [5, 5.41) is 2.91. The fraction of sp³-hybridized carbons (Fsp3) is 0.263. The first kappa shape index (κ1) is 18.3. The minimum Gasteiger partial charge on any atom is -0.493 e. The highest BCUT2D eigenvalue weighted by Crippen LogP contribution is 2.27. The summed E-state index contributed by atoms with van der Waals surface area (Å²) in [5.41, 5.74) is 2.70. The van der Waals surface area contributed by atoms with Crippen molar-refractivity contribution >= 4 is 27.5 Å². The number of fused-ring (bicyclic) bond motifs is 1. The number of aryl methyl sites for hydroxylation is 1. The molecule has 6 nitrogen and oxygen atoms in total. The van der Waals surface area contributed by atoms with Crippen LogP contribution in [-0.4, -0.2) is 29.5 Å². The molecule has 2 aromatic heterocycles. The number of nitrogens with one attached hydrogen (secondary N) is 1. The third kappa shape index (κ3) is 4.35. The first-order valence-corrected chi connectivity index (χ1v) is 8.99. The van der Waals surface area contributed by atoms with Gasteiger partial charge in [0.15, 0.2) is 11.5 Å². The number of benzene rings is 1. The average molecular weight is 418 g/mol. The maximum atomic E-state index is 12.1. The molecule has 0 saturated carbocycles. The van der Waals surface area contributed by atoms with Crippen molar-refractivity contribution in [2.24, 2.45) is 0 Å². The van der Waals surface area contributed by atoms with Crippen LogP contribution >= 0.6 is 15.9 Å². The Hall–Kier alpha value is -2.54. The lowest BCUT2D eigenvalue weighted by atomic mass is 10.1. The number of methoxy groups -OCH3 is 2. The van der Waals surface area contributed by atoms with Gasteiger partial charge in [0.2, 0.25) is 5.91 Å². The predicted octanol–water partition coefficient (Wildman–Crippen LogP) is 3.36. The SMILES string of the molecule is COc1ccc(CCC(=O)NCc2cn3cc(Br)ccc3n2)cc1OC. The Morgan fingerprint density at radius 1 is 1.15 bits per heavy atom. The van der Waals surface area contributed by atoms with Crippen LogP contribution < -0.4 is 14.8 Å². The molecule has 0 spiro atoms. The van der Waals surface area contributed by atoms with Crippen molar-refractivity contribution in [2.45, 2.75) is 19.4 Å². The second kappa shape index (κ2) is 8.23. The second-order valence-corrected chi connectivity index (χ2v) is 6.73. The first-order chi connectivity index (χ1) is 12.6. The van der Waals surface area contributed by atoms with E-state index in [-0.39, 0.29) is 5.91 Å². The van der Waals surface area contributed by atoms with Gasteiger partial charge in [0.05, 0.1) is 26.5 Å². The molecular weight excluding hydrogens is 398 g/mol. The molecule has 1 amide bonds. The summed E-state index contributed by atoms with van der Waals surface area (Å²) < 4.78 is 13.4. The van der Waals surface area contributed by atoms with Crippen LogP contribution in [0, 0.1) is 0 Å². The van der Waals surface area contributed by atoms with Crippen LogP contribution in [0.4, 0.5) is 0 Å². The standard InChI is InChI=1S/C19H20BrN3O3/c1-25-16-6-3-13(9-17(16)26-2)4-8-19(24)21-10-15-12-23-11-14(20)5-7-18(23)22-15/h3,5-7,9,11-12H,4,8,10H2,1-2H3,(H,21,24). The van der Waals surface area contributed by atoms with Gasteiger partial charge in [0, 0.05) is 23.3 Å². The normalized spacial score (nSPS) is 10.7. The molecular formula is C19H20BrN3O3. The van der Waals surface area contributed by atoms with E-state index in [1.807, 2.05) is 47.1 Å². The van der Waals surface area contributed by atoms with Crippen LogP contribution in [-0.2, 0) is 17.8 Å². The van der Waals surface area contributed by atoms with Crippen LogP contribution in [0.3, 0.4) is 0 Å². The molecule has 7 heteroatoms. The molecule has 0 bridgehead atoms. The zero-order valence-electron chi connectivity index (χ0n) is 14.7. The molecule has 0 aliphatic rings. The smallest absolute Gasteiger partial charge is 0.220 e. The number of amides is 1. The molecule has 3 aromatic rings. The van der Waals surface area contributed by atoms with E-state index in [0.717, 1.165) is 21.4 Å². The molecule has 0 saturated heterocycles. The highest BCUT2D eigenvalue weighted by Gasteiger charge is 2.08. The van der Waals surface area contributed by atoms with Gasteiger partial charge in [0.1, 0.15) is 5.65 Å². The number of carbonyl (C=O) groups excluding carboxylic acids is 1. The summed E-state index contributed by atoms with van der Waals surface area (Å²) >= 11 is 3.43.